The molecule has 1 aliphatic heterocycles. The van der Waals surface area contributed by atoms with Crippen LogP contribution in [-0.2, 0) is 0 Å². The van der Waals surface area contributed by atoms with Crippen molar-refractivity contribution in [2.75, 3.05) is 13.1 Å². The molecular formula is C12H17NO. The molecule has 76 valence electrons. The molecule has 2 heteroatoms. The summed E-state index contributed by atoms with van der Waals surface area (Å²) in [6.45, 7) is 4.03. The van der Waals surface area contributed by atoms with E-state index in [0.717, 1.165) is 19.5 Å². The molecule has 2 nitrogen and oxygen atoms in total. The number of rotatable bonds is 2. The van der Waals surface area contributed by atoms with Crippen LogP contribution in [0.5, 0.6) is 0 Å². The molecule has 1 N–H and O–H groups in total. The summed E-state index contributed by atoms with van der Waals surface area (Å²) in [5, 5.41) is 9.45. The molecule has 0 radical (unpaired) electrons. The first-order valence-electron chi connectivity index (χ1n) is 5.24. The van der Waals surface area contributed by atoms with Gasteiger partial charge in [0.2, 0.25) is 0 Å². The lowest BCUT2D eigenvalue weighted by Gasteiger charge is -2.24. The molecule has 1 aromatic carbocycles. The Balaban J connectivity index is 2.05. The van der Waals surface area contributed by atoms with Gasteiger partial charge >= 0.3 is 0 Å². The lowest BCUT2D eigenvalue weighted by Crippen LogP contribution is -2.25. The lowest BCUT2D eigenvalue weighted by atomic mass is 10.1. The van der Waals surface area contributed by atoms with Crippen LogP contribution in [0.4, 0.5) is 0 Å². The van der Waals surface area contributed by atoms with Crippen molar-refractivity contribution >= 4 is 0 Å². The monoisotopic (exact) mass is 191 g/mol. The van der Waals surface area contributed by atoms with Gasteiger partial charge in [-0.1, -0.05) is 30.3 Å². The summed E-state index contributed by atoms with van der Waals surface area (Å²) in [5.74, 6) is 0. The molecule has 2 rings (SSSR count). The topological polar surface area (TPSA) is 23.5 Å². The molecular weight excluding hydrogens is 174 g/mol. The maximum absolute atomic E-state index is 9.45. The Kier molecular flexibility index (Phi) is 2.85. The number of benzene rings is 1. The summed E-state index contributed by atoms with van der Waals surface area (Å²) >= 11 is 0. The van der Waals surface area contributed by atoms with Gasteiger partial charge in [0.15, 0.2) is 0 Å². The molecule has 1 fully saturated rings. The van der Waals surface area contributed by atoms with E-state index in [-0.39, 0.29) is 6.10 Å². The average Bonchev–Trinajstić information content (AvgIpc) is 2.65. The number of nitrogens with zero attached hydrogens (tertiary/aromatic N) is 1. The fourth-order valence-electron chi connectivity index (χ4n) is 2.06. The molecule has 0 saturated carbocycles. The number of aliphatic hydroxyl groups excluding tert-OH is 1. The van der Waals surface area contributed by atoms with Gasteiger partial charge in [0, 0.05) is 19.1 Å². The van der Waals surface area contributed by atoms with E-state index in [1.54, 1.807) is 0 Å². The van der Waals surface area contributed by atoms with Crippen molar-refractivity contribution in [2.45, 2.75) is 25.5 Å². The standard InChI is InChI=1S/C12H17NO/c1-10(11-5-3-2-4-6-11)13-8-7-12(14)9-13/h2-6,10,12,14H,7-9H2,1H3/t10-,12?/m0/s1. The molecule has 0 amide bonds. The second-order valence-corrected chi connectivity index (χ2v) is 4.02. The number of aliphatic hydroxyl groups is 1. The van der Waals surface area contributed by atoms with Gasteiger partial charge < -0.3 is 5.11 Å². The van der Waals surface area contributed by atoms with E-state index >= 15 is 0 Å². The molecule has 0 aliphatic carbocycles. The first kappa shape index (κ1) is 9.69. The van der Waals surface area contributed by atoms with Crippen molar-refractivity contribution in [3.63, 3.8) is 0 Å². The van der Waals surface area contributed by atoms with Crippen molar-refractivity contribution in [1.29, 1.82) is 0 Å². The SMILES string of the molecule is C[C@@H](c1ccccc1)N1CCC(O)C1. The van der Waals surface area contributed by atoms with Crippen molar-refractivity contribution in [3.05, 3.63) is 35.9 Å². The average molecular weight is 191 g/mol. The number of likely N-dealkylation sites (tertiary alicyclic amines) is 1. The van der Waals surface area contributed by atoms with Crippen LogP contribution >= 0.6 is 0 Å². The molecule has 0 spiro atoms. The molecule has 1 heterocycles. The Hall–Kier alpha value is -0.860. The van der Waals surface area contributed by atoms with Crippen molar-refractivity contribution in [1.82, 2.24) is 4.90 Å². The third kappa shape index (κ3) is 1.97. The van der Waals surface area contributed by atoms with Crippen LogP contribution in [-0.4, -0.2) is 29.2 Å². The Morgan fingerprint density at radius 2 is 2.07 bits per heavy atom. The Bertz CT molecular complexity index is 286. The van der Waals surface area contributed by atoms with Crippen LogP contribution < -0.4 is 0 Å². The predicted octanol–water partition coefficient (Wildman–Crippen LogP) is 1.81. The van der Waals surface area contributed by atoms with Crippen LogP contribution in [0.2, 0.25) is 0 Å². The first-order valence-corrected chi connectivity index (χ1v) is 5.24. The first-order chi connectivity index (χ1) is 6.77. The number of hydrogen-bond donors (Lipinski definition) is 1. The van der Waals surface area contributed by atoms with Gasteiger partial charge in [0.05, 0.1) is 6.10 Å². The fraction of sp³-hybridized carbons (Fsp3) is 0.500. The summed E-state index contributed by atoms with van der Waals surface area (Å²) in [5.41, 5.74) is 1.33. The predicted molar refractivity (Wildman–Crippen MR) is 57.1 cm³/mol. The molecule has 1 aromatic rings. The van der Waals surface area contributed by atoms with Crippen LogP contribution in [0.3, 0.4) is 0 Å². The zero-order chi connectivity index (χ0) is 9.97. The fourth-order valence-corrected chi connectivity index (χ4v) is 2.06. The second kappa shape index (κ2) is 4.11. The van der Waals surface area contributed by atoms with E-state index in [0.29, 0.717) is 6.04 Å². The highest BCUT2D eigenvalue weighted by atomic mass is 16.3. The van der Waals surface area contributed by atoms with E-state index in [1.165, 1.54) is 5.56 Å². The quantitative estimate of drug-likeness (QED) is 0.770. The Morgan fingerprint density at radius 1 is 1.36 bits per heavy atom. The minimum atomic E-state index is -0.124. The normalized spacial score (nSPS) is 25.1. The van der Waals surface area contributed by atoms with Gasteiger partial charge in [-0.15, -0.1) is 0 Å². The summed E-state index contributed by atoms with van der Waals surface area (Å²) < 4.78 is 0. The summed E-state index contributed by atoms with van der Waals surface area (Å²) in [4.78, 5) is 2.33. The molecule has 14 heavy (non-hydrogen) atoms. The van der Waals surface area contributed by atoms with Gasteiger partial charge in [-0.05, 0) is 18.9 Å². The van der Waals surface area contributed by atoms with E-state index in [2.05, 4.69) is 36.1 Å². The molecule has 1 aliphatic rings. The van der Waals surface area contributed by atoms with Gasteiger partial charge in [-0.25, -0.2) is 0 Å². The van der Waals surface area contributed by atoms with Crippen molar-refractivity contribution in [3.8, 4) is 0 Å². The highest BCUT2D eigenvalue weighted by Gasteiger charge is 2.24. The Labute approximate surface area is 85.2 Å². The minimum Gasteiger partial charge on any atom is -0.392 e. The van der Waals surface area contributed by atoms with Crippen LogP contribution in [0.15, 0.2) is 30.3 Å². The van der Waals surface area contributed by atoms with Gasteiger partial charge in [0.1, 0.15) is 0 Å². The smallest absolute Gasteiger partial charge is 0.0679 e. The molecule has 1 saturated heterocycles. The largest absolute Gasteiger partial charge is 0.392 e. The third-order valence-corrected chi connectivity index (χ3v) is 3.02. The molecule has 1 unspecified atom stereocenters. The zero-order valence-corrected chi connectivity index (χ0v) is 8.56. The van der Waals surface area contributed by atoms with E-state index in [4.69, 9.17) is 0 Å². The molecule has 0 aromatic heterocycles. The van der Waals surface area contributed by atoms with Crippen LogP contribution in [0, 0.1) is 0 Å². The van der Waals surface area contributed by atoms with E-state index < -0.39 is 0 Å². The van der Waals surface area contributed by atoms with Crippen molar-refractivity contribution in [2.24, 2.45) is 0 Å². The third-order valence-electron chi connectivity index (χ3n) is 3.02. The summed E-state index contributed by atoms with van der Waals surface area (Å²) in [6, 6.07) is 10.9. The zero-order valence-electron chi connectivity index (χ0n) is 8.56. The maximum Gasteiger partial charge on any atom is 0.0679 e. The summed E-state index contributed by atoms with van der Waals surface area (Å²) in [6.07, 6.45) is 0.790. The number of β-amino-alcohol motifs (C(OH)–C–C–N with tert-alkyl or cyclic N) is 1. The Morgan fingerprint density at radius 3 is 2.64 bits per heavy atom. The van der Waals surface area contributed by atoms with E-state index in [1.807, 2.05) is 6.07 Å². The molecule has 2 atom stereocenters. The van der Waals surface area contributed by atoms with Crippen LogP contribution in [0.1, 0.15) is 24.9 Å². The molecule has 0 bridgehead atoms. The lowest BCUT2D eigenvalue weighted by molar-refractivity contribution is 0.163. The van der Waals surface area contributed by atoms with Crippen LogP contribution in [0.25, 0.3) is 0 Å². The van der Waals surface area contributed by atoms with Gasteiger partial charge in [0.25, 0.3) is 0 Å². The maximum atomic E-state index is 9.45. The minimum absolute atomic E-state index is 0.124. The highest BCUT2D eigenvalue weighted by molar-refractivity contribution is 5.18. The van der Waals surface area contributed by atoms with E-state index in [9.17, 15) is 5.11 Å². The second-order valence-electron chi connectivity index (χ2n) is 4.02. The number of hydrogen-bond acceptors (Lipinski definition) is 2. The highest BCUT2D eigenvalue weighted by Crippen LogP contribution is 2.24. The van der Waals surface area contributed by atoms with Gasteiger partial charge in [-0.3, -0.25) is 4.90 Å². The van der Waals surface area contributed by atoms with Crippen molar-refractivity contribution < 1.29 is 5.11 Å². The summed E-state index contributed by atoms with van der Waals surface area (Å²) in [7, 11) is 0. The van der Waals surface area contributed by atoms with Gasteiger partial charge in [-0.2, -0.15) is 0 Å².